The quantitative estimate of drug-likeness (QED) is 0.580. The first-order valence-electron chi connectivity index (χ1n) is 7.61. The monoisotopic (exact) mass is 387 g/mol. The zero-order valence-electron chi connectivity index (χ0n) is 13.3. The van der Waals surface area contributed by atoms with Crippen molar-refractivity contribution in [2.45, 2.75) is 13.3 Å². The predicted molar refractivity (Wildman–Crippen MR) is 99.0 cm³/mol. The van der Waals surface area contributed by atoms with Gasteiger partial charge in [-0.15, -0.1) is 0 Å². The fourth-order valence-electron chi connectivity index (χ4n) is 1.92. The molecule has 0 aliphatic rings. The largest absolute Gasteiger partial charge is 0.462 e. The summed E-state index contributed by atoms with van der Waals surface area (Å²) in [6.07, 6.45) is 2.52. The standard InChI is InChI=1S/C19H18BrNO3/c1-2-12-24-19(23)15-8-10-16(11-9-15)21-18(22)17(20)13-14-6-4-3-5-7-14/h3-11,13H,2,12H2,1H3,(H,21,22). The van der Waals surface area contributed by atoms with Crippen molar-refractivity contribution in [1.82, 2.24) is 0 Å². The molecule has 5 heteroatoms. The summed E-state index contributed by atoms with van der Waals surface area (Å²) in [5.41, 5.74) is 1.99. The molecule has 0 fully saturated rings. The minimum absolute atomic E-state index is 0.264. The van der Waals surface area contributed by atoms with E-state index in [-0.39, 0.29) is 11.9 Å². The molecule has 1 amide bonds. The smallest absolute Gasteiger partial charge is 0.338 e. The number of ether oxygens (including phenoxy) is 1. The van der Waals surface area contributed by atoms with E-state index in [0.717, 1.165) is 12.0 Å². The van der Waals surface area contributed by atoms with Gasteiger partial charge in [0.2, 0.25) is 0 Å². The van der Waals surface area contributed by atoms with Crippen LogP contribution in [0.2, 0.25) is 0 Å². The maximum atomic E-state index is 12.2. The van der Waals surface area contributed by atoms with E-state index in [1.54, 1.807) is 30.3 Å². The SMILES string of the molecule is CCCOC(=O)c1ccc(NC(=O)C(Br)=Cc2ccccc2)cc1. The van der Waals surface area contributed by atoms with Crippen LogP contribution in [0.25, 0.3) is 6.08 Å². The fourth-order valence-corrected chi connectivity index (χ4v) is 2.28. The molecule has 0 bridgehead atoms. The number of benzene rings is 2. The van der Waals surface area contributed by atoms with Crippen molar-refractivity contribution in [2.75, 3.05) is 11.9 Å². The molecule has 2 aromatic carbocycles. The molecule has 0 aliphatic carbocycles. The summed E-state index contributed by atoms with van der Waals surface area (Å²) < 4.78 is 5.48. The molecule has 24 heavy (non-hydrogen) atoms. The van der Waals surface area contributed by atoms with E-state index in [2.05, 4.69) is 21.2 Å². The van der Waals surface area contributed by atoms with Gasteiger partial charge in [-0.2, -0.15) is 0 Å². The highest BCUT2D eigenvalue weighted by Gasteiger charge is 2.09. The summed E-state index contributed by atoms with van der Waals surface area (Å²) in [6.45, 7) is 2.33. The Bertz CT molecular complexity index is 724. The number of esters is 1. The molecule has 0 atom stereocenters. The molecule has 124 valence electrons. The predicted octanol–water partition coefficient (Wildman–Crippen LogP) is 4.63. The van der Waals surface area contributed by atoms with Crippen LogP contribution in [0.5, 0.6) is 0 Å². The van der Waals surface area contributed by atoms with E-state index in [9.17, 15) is 9.59 Å². The first-order chi connectivity index (χ1) is 11.6. The third-order valence-corrected chi connectivity index (χ3v) is 3.71. The van der Waals surface area contributed by atoms with Crippen LogP contribution in [0.15, 0.2) is 59.1 Å². The van der Waals surface area contributed by atoms with Crippen LogP contribution in [0.4, 0.5) is 5.69 Å². The van der Waals surface area contributed by atoms with Gasteiger partial charge in [-0.1, -0.05) is 37.3 Å². The van der Waals surface area contributed by atoms with Crippen LogP contribution >= 0.6 is 15.9 Å². The molecule has 0 radical (unpaired) electrons. The van der Waals surface area contributed by atoms with Gasteiger partial charge in [-0.25, -0.2) is 4.79 Å². The van der Waals surface area contributed by atoms with Crippen molar-refractivity contribution in [1.29, 1.82) is 0 Å². The lowest BCUT2D eigenvalue weighted by molar-refractivity contribution is -0.112. The van der Waals surface area contributed by atoms with E-state index in [1.807, 2.05) is 37.3 Å². The van der Waals surface area contributed by atoms with Gasteiger partial charge in [0.1, 0.15) is 0 Å². The molecule has 0 aromatic heterocycles. The maximum absolute atomic E-state index is 12.2. The first kappa shape index (κ1) is 17.9. The summed E-state index contributed by atoms with van der Waals surface area (Å²) in [4.78, 5) is 23.9. The Hall–Kier alpha value is -2.40. The highest BCUT2D eigenvalue weighted by Crippen LogP contribution is 2.16. The average Bonchev–Trinajstić information content (AvgIpc) is 2.61. The topological polar surface area (TPSA) is 55.4 Å². The highest BCUT2D eigenvalue weighted by atomic mass is 79.9. The number of nitrogens with one attached hydrogen (secondary N) is 1. The third-order valence-electron chi connectivity index (χ3n) is 3.13. The lowest BCUT2D eigenvalue weighted by Gasteiger charge is -2.06. The van der Waals surface area contributed by atoms with Crippen LogP contribution in [-0.2, 0) is 9.53 Å². The molecule has 1 N–H and O–H groups in total. The van der Waals surface area contributed by atoms with Crippen molar-refractivity contribution in [3.8, 4) is 0 Å². The number of halogens is 1. The van der Waals surface area contributed by atoms with E-state index in [1.165, 1.54) is 0 Å². The molecule has 0 saturated carbocycles. The van der Waals surface area contributed by atoms with Crippen molar-refractivity contribution < 1.29 is 14.3 Å². The van der Waals surface area contributed by atoms with E-state index >= 15 is 0 Å². The number of carbonyl (C=O) groups excluding carboxylic acids is 2. The summed E-state index contributed by atoms with van der Waals surface area (Å²) in [5.74, 6) is -0.625. The zero-order valence-corrected chi connectivity index (χ0v) is 14.9. The molecule has 2 rings (SSSR count). The average molecular weight is 388 g/mol. The van der Waals surface area contributed by atoms with Crippen LogP contribution in [0, 0.1) is 0 Å². The van der Waals surface area contributed by atoms with Crippen molar-refractivity contribution in [3.05, 3.63) is 70.2 Å². The van der Waals surface area contributed by atoms with E-state index in [0.29, 0.717) is 22.3 Å². The van der Waals surface area contributed by atoms with Gasteiger partial charge in [0.15, 0.2) is 0 Å². The summed E-state index contributed by atoms with van der Waals surface area (Å²) in [5, 5.41) is 2.77. The minimum Gasteiger partial charge on any atom is -0.462 e. The Kier molecular flexibility index (Phi) is 6.75. The lowest BCUT2D eigenvalue weighted by atomic mass is 10.2. The maximum Gasteiger partial charge on any atom is 0.338 e. The summed E-state index contributed by atoms with van der Waals surface area (Å²) in [6, 6.07) is 16.1. The fraction of sp³-hybridized carbons (Fsp3) is 0.158. The zero-order chi connectivity index (χ0) is 17.4. The normalized spacial score (nSPS) is 11.0. The number of anilines is 1. The van der Waals surface area contributed by atoms with Crippen LogP contribution in [0.3, 0.4) is 0 Å². The Balaban J connectivity index is 1.99. The summed E-state index contributed by atoms with van der Waals surface area (Å²) in [7, 11) is 0. The second-order valence-corrected chi connectivity index (χ2v) is 5.92. The number of amides is 1. The Morgan fingerprint density at radius 2 is 1.75 bits per heavy atom. The van der Waals surface area contributed by atoms with Gasteiger partial charge in [0.25, 0.3) is 5.91 Å². The molecule has 0 spiro atoms. The Morgan fingerprint density at radius 3 is 2.38 bits per heavy atom. The highest BCUT2D eigenvalue weighted by molar-refractivity contribution is 9.12. The second-order valence-electron chi connectivity index (χ2n) is 5.07. The number of rotatable bonds is 6. The summed E-state index contributed by atoms with van der Waals surface area (Å²) >= 11 is 3.28. The first-order valence-corrected chi connectivity index (χ1v) is 8.40. The lowest BCUT2D eigenvalue weighted by Crippen LogP contribution is -2.11. The van der Waals surface area contributed by atoms with Gasteiger partial charge in [0.05, 0.1) is 16.7 Å². The van der Waals surface area contributed by atoms with Gasteiger partial charge < -0.3 is 10.1 Å². The van der Waals surface area contributed by atoms with Gasteiger partial charge in [-0.05, 0) is 58.3 Å². The third kappa shape index (κ3) is 5.35. The second kappa shape index (κ2) is 9.03. The van der Waals surface area contributed by atoms with Crippen LogP contribution < -0.4 is 5.32 Å². The van der Waals surface area contributed by atoms with Crippen LogP contribution in [0.1, 0.15) is 29.3 Å². The van der Waals surface area contributed by atoms with Crippen molar-refractivity contribution in [3.63, 3.8) is 0 Å². The molecule has 0 heterocycles. The Labute approximate surface area is 149 Å². The molecule has 2 aromatic rings. The minimum atomic E-state index is -0.361. The van der Waals surface area contributed by atoms with E-state index in [4.69, 9.17) is 4.74 Å². The number of carbonyl (C=O) groups is 2. The molecule has 0 unspecified atom stereocenters. The molecular weight excluding hydrogens is 370 g/mol. The van der Waals surface area contributed by atoms with Gasteiger partial charge >= 0.3 is 5.97 Å². The molecular formula is C19H18BrNO3. The Morgan fingerprint density at radius 1 is 1.08 bits per heavy atom. The molecule has 0 aliphatic heterocycles. The van der Waals surface area contributed by atoms with Crippen molar-refractivity contribution >= 4 is 39.6 Å². The van der Waals surface area contributed by atoms with Crippen molar-refractivity contribution in [2.24, 2.45) is 0 Å². The number of hydrogen-bond acceptors (Lipinski definition) is 3. The van der Waals surface area contributed by atoms with E-state index < -0.39 is 0 Å². The van der Waals surface area contributed by atoms with Gasteiger partial charge in [0, 0.05) is 5.69 Å². The molecule has 4 nitrogen and oxygen atoms in total. The molecule has 0 saturated heterocycles. The van der Waals surface area contributed by atoms with Crippen LogP contribution in [-0.4, -0.2) is 18.5 Å². The number of hydrogen-bond donors (Lipinski definition) is 1. The van der Waals surface area contributed by atoms with Gasteiger partial charge in [-0.3, -0.25) is 4.79 Å².